The molecule has 0 amide bonds. The molecule has 7 heteroatoms. The summed E-state index contributed by atoms with van der Waals surface area (Å²) >= 11 is 7.74. The monoisotopic (exact) mass is 350 g/mol. The molecule has 0 heterocycles. The van der Waals surface area contributed by atoms with Gasteiger partial charge in [-0.05, 0) is 43.0 Å². The highest BCUT2D eigenvalue weighted by Crippen LogP contribution is 2.21. The minimum Gasteiger partial charge on any atom is -0.313 e. The van der Waals surface area contributed by atoms with Crippen LogP contribution in [0.1, 0.15) is 25.8 Å². The molecule has 1 atom stereocenters. The summed E-state index contributed by atoms with van der Waals surface area (Å²) in [6.07, 6.45) is 2.73. The van der Waals surface area contributed by atoms with Gasteiger partial charge in [-0.25, -0.2) is 13.1 Å². The molecule has 0 aliphatic carbocycles. The van der Waals surface area contributed by atoms with Crippen molar-refractivity contribution in [2.45, 2.75) is 37.8 Å². The van der Waals surface area contributed by atoms with Crippen molar-refractivity contribution in [3.05, 3.63) is 28.8 Å². The van der Waals surface area contributed by atoms with Gasteiger partial charge in [0.25, 0.3) is 0 Å². The summed E-state index contributed by atoms with van der Waals surface area (Å²) in [5.41, 5.74) is 0.791. The number of hydrogen-bond acceptors (Lipinski definition) is 4. The summed E-state index contributed by atoms with van der Waals surface area (Å²) in [6.45, 7) is 5.32. The van der Waals surface area contributed by atoms with Crippen molar-refractivity contribution in [3.63, 3.8) is 0 Å². The van der Waals surface area contributed by atoms with Crippen molar-refractivity contribution < 1.29 is 8.42 Å². The van der Waals surface area contributed by atoms with Crippen molar-refractivity contribution in [2.24, 2.45) is 0 Å². The third-order valence-electron chi connectivity index (χ3n) is 3.08. The number of thioether (sulfide) groups is 1. The quantitative estimate of drug-likeness (QED) is 0.719. The van der Waals surface area contributed by atoms with Gasteiger partial charge in [0.2, 0.25) is 10.0 Å². The Balaban J connectivity index is 2.97. The van der Waals surface area contributed by atoms with Crippen LogP contribution in [-0.2, 0) is 16.6 Å². The van der Waals surface area contributed by atoms with Crippen LogP contribution in [0.15, 0.2) is 23.1 Å². The molecule has 0 aliphatic heterocycles. The lowest BCUT2D eigenvalue weighted by molar-refractivity contribution is 0.558. The summed E-state index contributed by atoms with van der Waals surface area (Å²) in [6, 6.07) is 4.77. The predicted octanol–water partition coefficient (Wildman–Crippen LogP) is 2.87. The molecule has 1 unspecified atom stereocenters. The molecule has 21 heavy (non-hydrogen) atoms. The van der Waals surface area contributed by atoms with E-state index in [0.29, 0.717) is 11.6 Å². The fourth-order valence-electron chi connectivity index (χ4n) is 1.84. The van der Waals surface area contributed by atoms with Gasteiger partial charge in [0, 0.05) is 23.4 Å². The van der Waals surface area contributed by atoms with Crippen molar-refractivity contribution in [3.8, 4) is 0 Å². The van der Waals surface area contributed by atoms with Crippen LogP contribution in [0.2, 0.25) is 5.02 Å². The fourth-order valence-corrected chi connectivity index (χ4v) is 4.22. The molecule has 1 aromatic carbocycles. The number of rotatable bonds is 9. The lowest BCUT2D eigenvalue weighted by Crippen LogP contribution is -2.36. The maximum absolute atomic E-state index is 12.4. The van der Waals surface area contributed by atoms with Gasteiger partial charge in [-0.15, -0.1) is 0 Å². The van der Waals surface area contributed by atoms with Crippen LogP contribution in [0.25, 0.3) is 0 Å². The molecule has 2 N–H and O–H groups in total. The Morgan fingerprint density at radius 1 is 1.33 bits per heavy atom. The summed E-state index contributed by atoms with van der Waals surface area (Å²) in [5, 5.41) is 3.73. The predicted molar refractivity (Wildman–Crippen MR) is 91.6 cm³/mol. The first-order chi connectivity index (χ1) is 9.94. The van der Waals surface area contributed by atoms with Crippen LogP contribution in [0.3, 0.4) is 0 Å². The first kappa shape index (κ1) is 18.8. The largest absolute Gasteiger partial charge is 0.313 e. The Labute approximate surface area is 137 Å². The molecule has 0 saturated heterocycles. The highest BCUT2D eigenvalue weighted by atomic mass is 35.5. The molecule has 120 valence electrons. The Morgan fingerprint density at radius 3 is 2.62 bits per heavy atom. The minimum atomic E-state index is -3.51. The lowest BCUT2D eigenvalue weighted by atomic mass is 10.2. The SMILES string of the molecule is CCNCc1cc(S(=O)(=O)NC(CC)CSC)ccc1Cl. The number of sulfonamides is 1. The molecule has 4 nitrogen and oxygen atoms in total. The summed E-state index contributed by atoms with van der Waals surface area (Å²) in [4.78, 5) is 0.263. The van der Waals surface area contributed by atoms with Crippen LogP contribution in [0, 0.1) is 0 Å². The zero-order valence-electron chi connectivity index (χ0n) is 12.6. The van der Waals surface area contributed by atoms with Crippen molar-refractivity contribution in [2.75, 3.05) is 18.6 Å². The van der Waals surface area contributed by atoms with E-state index >= 15 is 0 Å². The van der Waals surface area contributed by atoms with E-state index in [4.69, 9.17) is 11.6 Å². The zero-order valence-corrected chi connectivity index (χ0v) is 15.0. The van der Waals surface area contributed by atoms with Crippen molar-refractivity contribution in [1.29, 1.82) is 0 Å². The first-order valence-corrected chi connectivity index (χ1v) is 10.2. The van der Waals surface area contributed by atoms with Crippen LogP contribution >= 0.6 is 23.4 Å². The number of hydrogen-bond donors (Lipinski definition) is 2. The van der Waals surface area contributed by atoms with Gasteiger partial charge in [0.1, 0.15) is 0 Å². The number of nitrogens with one attached hydrogen (secondary N) is 2. The van der Waals surface area contributed by atoms with E-state index < -0.39 is 10.0 Å². The standard InChI is InChI=1S/C14H23ClN2O2S2/c1-4-12(10-20-3)17-21(18,19)13-6-7-14(15)11(8-13)9-16-5-2/h6-8,12,16-17H,4-5,9-10H2,1-3H3. The smallest absolute Gasteiger partial charge is 0.240 e. The molecular weight excluding hydrogens is 328 g/mol. The molecule has 0 fully saturated rings. The van der Waals surface area contributed by atoms with Gasteiger partial charge < -0.3 is 5.32 Å². The number of benzene rings is 1. The molecule has 0 bridgehead atoms. The fraction of sp³-hybridized carbons (Fsp3) is 0.571. The Morgan fingerprint density at radius 2 is 2.05 bits per heavy atom. The maximum atomic E-state index is 12.4. The van der Waals surface area contributed by atoms with Crippen molar-refractivity contribution >= 4 is 33.4 Å². The van der Waals surface area contributed by atoms with Crippen molar-refractivity contribution in [1.82, 2.24) is 10.0 Å². The molecule has 0 aromatic heterocycles. The summed E-state index contributed by atoms with van der Waals surface area (Å²) in [5.74, 6) is 0.758. The van der Waals surface area contributed by atoms with E-state index in [1.165, 1.54) is 0 Å². The third-order valence-corrected chi connectivity index (χ3v) is 5.70. The van der Waals surface area contributed by atoms with E-state index in [-0.39, 0.29) is 10.9 Å². The maximum Gasteiger partial charge on any atom is 0.240 e. The van der Waals surface area contributed by atoms with Crippen LogP contribution < -0.4 is 10.0 Å². The third kappa shape index (κ3) is 5.79. The van der Waals surface area contributed by atoms with Gasteiger partial charge in [-0.1, -0.05) is 25.4 Å². The van der Waals surface area contributed by atoms with Gasteiger partial charge in [0.05, 0.1) is 4.90 Å². The summed E-state index contributed by atoms with van der Waals surface area (Å²) < 4.78 is 27.6. The summed E-state index contributed by atoms with van der Waals surface area (Å²) in [7, 11) is -3.51. The molecule has 0 radical (unpaired) electrons. The molecule has 0 saturated carbocycles. The minimum absolute atomic E-state index is 0.0575. The van der Waals surface area contributed by atoms with Gasteiger partial charge in [-0.2, -0.15) is 11.8 Å². The van der Waals surface area contributed by atoms with E-state index in [9.17, 15) is 8.42 Å². The molecule has 0 aliphatic rings. The van der Waals surface area contributed by atoms with Crippen LogP contribution in [-0.4, -0.2) is 33.0 Å². The second-order valence-corrected chi connectivity index (χ2v) is 7.75. The Kier molecular flexibility index (Phi) is 8.05. The average molecular weight is 351 g/mol. The second-order valence-electron chi connectivity index (χ2n) is 4.72. The normalized spacial score (nSPS) is 13.3. The van der Waals surface area contributed by atoms with Gasteiger partial charge in [0.15, 0.2) is 0 Å². The van der Waals surface area contributed by atoms with Gasteiger partial charge >= 0.3 is 0 Å². The van der Waals surface area contributed by atoms with E-state index in [1.54, 1.807) is 30.0 Å². The lowest BCUT2D eigenvalue weighted by Gasteiger charge is -2.16. The number of halogens is 1. The highest BCUT2D eigenvalue weighted by Gasteiger charge is 2.19. The van der Waals surface area contributed by atoms with Crippen LogP contribution in [0.5, 0.6) is 0 Å². The molecule has 1 rings (SSSR count). The Hall–Kier alpha value is -0.270. The topological polar surface area (TPSA) is 58.2 Å². The molecule has 1 aromatic rings. The second kappa shape index (κ2) is 9.00. The van der Waals surface area contributed by atoms with Crippen LogP contribution in [0.4, 0.5) is 0 Å². The average Bonchev–Trinajstić information content (AvgIpc) is 2.45. The Bertz CT molecular complexity index is 550. The van der Waals surface area contributed by atoms with Gasteiger partial charge in [-0.3, -0.25) is 0 Å². The van der Waals surface area contributed by atoms with E-state index in [1.807, 2.05) is 20.1 Å². The first-order valence-electron chi connectivity index (χ1n) is 6.95. The van der Waals surface area contributed by atoms with E-state index in [0.717, 1.165) is 24.3 Å². The van der Waals surface area contributed by atoms with E-state index in [2.05, 4.69) is 10.0 Å². The zero-order chi connectivity index (χ0) is 15.9. The highest BCUT2D eigenvalue weighted by molar-refractivity contribution is 7.98. The molecule has 0 spiro atoms. The molecular formula is C14H23ClN2O2S2.